The van der Waals surface area contributed by atoms with Crippen LogP contribution in [0.2, 0.25) is 0 Å². The number of carbonyl (C=O) groups is 1. The zero-order valence-corrected chi connectivity index (χ0v) is 9.30. The smallest absolute Gasteiger partial charge is 0.248 e. The molecule has 1 amide bonds. The Morgan fingerprint density at radius 1 is 1.67 bits per heavy atom. The van der Waals surface area contributed by atoms with Crippen LogP contribution in [0.5, 0.6) is 0 Å². The quantitative estimate of drug-likeness (QED) is 0.647. The Morgan fingerprint density at radius 3 is 3.07 bits per heavy atom. The van der Waals surface area contributed by atoms with E-state index in [0.29, 0.717) is 19.5 Å². The Labute approximate surface area is 93.1 Å². The van der Waals surface area contributed by atoms with Gasteiger partial charge >= 0.3 is 0 Å². The maximum atomic E-state index is 11.2. The number of rotatable bonds is 6. The number of carbonyl (C=O) groups excluding carboxylic acids is 1. The third-order valence-corrected chi connectivity index (χ3v) is 2.93. The zero-order chi connectivity index (χ0) is 11.1. The Morgan fingerprint density at radius 2 is 2.47 bits per heavy atom. The lowest BCUT2D eigenvalue weighted by Crippen LogP contribution is -2.36. The van der Waals surface area contributed by atoms with E-state index in [1.807, 2.05) is 17.5 Å². The summed E-state index contributed by atoms with van der Waals surface area (Å²) >= 11 is 1.66. The minimum absolute atomic E-state index is 0.310. The summed E-state index contributed by atoms with van der Waals surface area (Å²) in [6, 6.07) is 4.00. The van der Waals surface area contributed by atoms with Crippen molar-refractivity contribution in [2.75, 3.05) is 13.1 Å². The van der Waals surface area contributed by atoms with Crippen LogP contribution in [0.4, 0.5) is 0 Å². The van der Waals surface area contributed by atoms with E-state index < -0.39 is 6.10 Å². The molecular weight excluding hydrogens is 212 g/mol. The Balaban J connectivity index is 2.17. The highest BCUT2D eigenvalue weighted by Gasteiger charge is 2.12. The minimum atomic E-state index is -0.974. The topological polar surface area (TPSA) is 75.3 Å². The molecule has 15 heavy (non-hydrogen) atoms. The molecule has 1 atom stereocenters. The molecule has 0 aliphatic carbocycles. The summed E-state index contributed by atoms with van der Waals surface area (Å²) in [6.07, 6.45) is 0.141. The number of amides is 1. The molecule has 4 nitrogen and oxygen atoms in total. The van der Waals surface area contributed by atoms with Crippen LogP contribution >= 0.6 is 11.3 Å². The number of thiophene rings is 1. The highest BCUT2D eigenvalue weighted by atomic mass is 32.1. The fourth-order valence-corrected chi connectivity index (χ4v) is 1.88. The molecule has 0 spiro atoms. The Hall–Kier alpha value is -0.910. The van der Waals surface area contributed by atoms with E-state index in [1.54, 1.807) is 11.3 Å². The first-order valence-electron chi connectivity index (χ1n) is 4.92. The van der Waals surface area contributed by atoms with E-state index in [1.165, 1.54) is 4.88 Å². The van der Waals surface area contributed by atoms with Gasteiger partial charge in [0.2, 0.25) is 5.91 Å². The molecule has 1 aromatic rings. The summed E-state index contributed by atoms with van der Waals surface area (Å²) in [5, 5.41) is 14.0. The number of hydrogen-bond donors (Lipinski definition) is 3. The number of nitrogens with two attached hydrogens (primary N) is 1. The summed E-state index contributed by atoms with van der Waals surface area (Å²) in [7, 11) is 0. The lowest BCUT2D eigenvalue weighted by Gasteiger charge is -2.09. The van der Waals surface area contributed by atoms with Gasteiger partial charge in [-0.05, 0) is 30.8 Å². The molecule has 1 heterocycles. The molecule has 5 heteroatoms. The maximum absolute atomic E-state index is 11.2. The van der Waals surface area contributed by atoms with Gasteiger partial charge in [-0.25, -0.2) is 0 Å². The molecule has 0 saturated carbocycles. The molecule has 1 unspecified atom stereocenters. The fourth-order valence-electron chi connectivity index (χ4n) is 1.17. The predicted octanol–water partition coefficient (Wildman–Crippen LogP) is 0.117. The van der Waals surface area contributed by atoms with Crippen LogP contribution in [0.15, 0.2) is 17.5 Å². The van der Waals surface area contributed by atoms with Gasteiger partial charge in [0.15, 0.2) is 0 Å². The summed E-state index contributed by atoms with van der Waals surface area (Å²) < 4.78 is 0. The van der Waals surface area contributed by atoms with Crippen LogP contribution in [0.1, 0.15) is 11.3 Å². The third kappa shape index (κ3) is 4.42. The van der Waals surface area contributed by atoms with Gasteiger partial charge in [0, 0.05) is 11.4 Å². The van der Waals surface area contributed by atoms with Crippen LogP contribution in [0.3, 0.4) is 0 Å². The molecule has 0 aliphatic rings. The van der Waals surface area contributed by atoms with E-state index in [2.05, 4.69) is 5.32 Å². The van der Waals surface area contributed by atoms with Gasteiger partial charge in [0.25, 0.3) is 0 Å². The normalized spacial score (nSPS) is 12.4. The van der Waals surface area contributed by atoms with E-state index in [-0.39, 0.29) is 5.91 Å². The summed E-state index contributed by atoms with van der Waals surface area (Å²) in [6.45, 7) is 0.875. The molecule has 84 valence electrons. The van der Waals surface area contributed by atoms with Crippen molar-refractivity contribution in [3.63, 3.8) is 0 Å². The van der Waals surface area contributed by atoms with Crippen molar-refractivity contribution in [1.82, 2.24) is 5.32 Å². The summed E-state index contributed by atoms with van der Waals surface area (Å²) in [5.74, 6) is -0.336. The second kappa shape index (κ2) is 6.55. The minimum Gasteiger partial charge on any atom is -0.383 e. The Kier molecular flexibility index (Phi) is 5.31. The van der Waals surface area contributed by atoms with Gasteiger partial charge in [-0.2, -0.15) is 0 Å². The Bertz CT molecular complexity index is 288. The van der Waals surface area contributed by atoms with Crippen LogP contribution in [-0.2, 0) is 11.2 Å². The van der Waals surface area contributed by atoms with Gasteiger partial charge in [-0.3, -0.25) is 4.79 Å². The van der Waals surface area contributed by atoms with E-state index >= 15 is 0 Å². The second-order valence-electron chi connectivity index (χ2n) is 3.21. The van der Waals surface area contributed by atoms with Crippen LogP contribution in [0, 0.1) is 0 Å². The first kappa shape index (κ1) is 12.2. The first-order chi connectivity index (χ1) is 7.24. The molecule has 0 bridgehead atoms. The van der Waals surface area contributed by atoms with Crippen molar-refractivity contribution >= 4 is 17.2 Å². The lowest BCUT2D eigenvalue weighted by molar-refractivity contribution is -0.129. The third-order valence-electron chi connectivity index (χ3n) is 1.99. The van der Waals surface area contributed by atoms with E-state index in [4.69, 9.17) is 5.73 Å². The van der Waals surface area contributed by atoms with Gasteiger partial charge in [-0.1, -0.05) is 6.07 Å². The van der Waals surface area contributed by atoms with Crippen molar-refractivity contribution in [2.45, 2.75) is 18.9 Å². The molecule has 0 aromatic carbocycles. The van der Waals surface area contributed by atoms with Crippen molar-refractivity contribution in [3.8, 4) is 0 Å². The van der Waals surface area contributed by atoms with Gasteiger partial charge in [0.1, 0.15) is 6.10 Å². The zero-order valence-electron chi connectivity index (χ0n) is 8.48. The van der Waals surface area contributed by atoms with E-state index in [9.17, 15) is 9.90 Å². The number of aliphatic hydroxyl groups excluding tert-OH is 1. The highest BCUT2D eigenvalue weighted by molar-refractivity contribution is 7.09. The second-order valence-corrected chi connectivity index (χ2v) is 4.25. The SMILES string of the molecule is NCCC(O)C(=O)NCCc1cccs1. The fraction of sp³-hybridized carbons (Fsp3) is 0.500. The summed E-state index contributed by atoms with van der Waals surface area (Å²) in [4.78, 5) is 12.5. The van der Waals surface area contributed by atoms with E-state index in [0.717, 1.165) is 6.42 Å². The van der Waals surface area contributed by atoms with Gasteiger partial charge in [0.05, 0.1) is 0 Å². The number of hydrogen-bond acceptors (Lipinski definition) is 4. The number of aliphatic hydroxyl groups is 1. The van der Waals surface area contributed by atoms with Crippen molar-refractivity contribution in [1.29, 1.82) is 0 Å². The summed E-state index contributed by atoms with van der Waals surface area (Å²) in [5.41, 5.74) is 5.23. The highest BCUT2D eigenvalue weighted by Crippen LogP contribution is 2.08. The van der Waals surface area contributed by atoms with Crippen molar-refractivity contribution < 1.29 is 9.90 Å². The maximum Gasteiger partial charge on any atom is 0.248 e. The van der Waals surface area contributed by atoms with Crippen LogP contribution < -0.4 is 11.1 Å². The van der Waals surface area contributed by atoms with Crippen molar-refractivity contribution in [3.05, 3.63) is 22.4 Å². The first-order valence-corrected chi connectivity index (χ1v) is 5.80. The molecule has 0 saturated heterocycles. The molecule has 0 fully saturated rings. The molecular formula is C10H16N2O2S. The van der Waals surface area contributed by atoms with Crippen LogP contribution in [0.25, 0.3) is 0 Å². The largest absolute Gasteiger partial charge is 0.383 e. The van der Waals surface area contributed by atoms with Crippen LogP contribution in [-0.4, -0.2) is 30.2 Å². The molecule has 4 N–H and O–H groups in total. The molecule has 0 radical (unpaired) electrons. The average molecular weight is 228 g/mol. The van der Waals surface area contributed by atoms with Gasteiger partial charge in [-0.15, -0.1) is 11.3 Å². The molecule has 1 aromatic heterocycles. The molecule has 1 rings (SSSR count). The molecule has 0 aliphatic heterocycles. The standard InChI is InChI=1S/C10H16N2O2S/c11-5-3-9(13)10(14)12-6-4-8-2-1-7-15-8/h1-2,7,9,13H,3-6,11H2,(H,12,14). The predicted molar refractivity (Wildman–Crippen MR) is 60.7 cm³/mol. The van der Waals surface area contributed by atoms with Crippen molar-refractivity contribution in [2.24, 2.45) is 5.73 Å². The lowest BCUT2D eigenvalue weighted by atomic mass is 10.2. The van der Waals surface area contributed by atoms with Gasteiger partial charge < -0.3 is 16.2 Å². The monoisotopic (exact) mass is 228 g/mol. The average Bonchev–Trinajstić information content (AvgIpc) is 2.71. The number of nitrogens with one attached hydrogen (secondary N) is 1.